The number of nitrogens with one attached hydrogen (secondary N) is 1. The van der Waals surface area contributed by atoms with Gasteiger partial charge in [0.25, 0.3) is 17.1 Å². The van der Waals surface area contributed by atoms with E-state index in [1.54, 1.807) is 6.08 Å². The molecule has 0 saturated carbocycles. The normalized spacial score (nSPS) is 14.4. The van der Waals surface area contributed by atoms with E-state index in [1.807, 2.05) is 77.7 Å². The van der Waals surface area contributed by atoms with Gasteiger partial charge in [-0.25, -0.2) is 0 Å². The molecule has 1 saturated heterocycles. The van der Waals surface area contributed by atoms with Crippen molar-refractivity contribution in [2.45, 2.75) is 19.9 Å². The van der Waals surface area contributed by atoms with Crippen LogP contribution in [-0.4, -0.2) is 28.5 Å². The molecule has 4 rings (SSSR count). The van der Waals surface area contributed by atoms with E-state index in [4.69, 9.17) is 0 Å². The lowest BCUT2D eigenvalue weighted by Crippen LogP contribution is -2.31. The van der Waals surface area contributed by atoms with Gasteiger partial charge in [0.1, 0.15) is 0 Å². The van der Waals surface area contributed by atoms with Gasteiger partial charge in [-0.2, -0.15) is 0 Å². The molecule has 5 nitrogen and oxygen atoms in total. The number of amides is 3. The Morgan fingerprint density at radius 1 is 0.939 bits per heavy atom. The van der Waals surface area contributed by atoms with Gasteiger partial charge in [0.2, 0.25) is 0 Å². The van der Waals surface area contributed by atoms with Crippen LogP contribution in [0.25, 0.3) is 17.2 Å². The average molecular weight is 457 g/mol. The molecular weight excluding hydrogens is 432 g/mol. The van der Waals surface area contributed by atoms with E-state index in [9.17, 15) is 14.4 Å². The highest BCUT2D eigenvalue weighted by Gasteiger charge is 2.24. The number of benzene rings is 3. The number of hydrogen-bond acceptors (Lipinski definition) is 4. The van der Waals surface area contributed by atoms with Crippen LogP contribution in [0.3, 0.4) is 0 Å². The fourth-order valence-corrected chi connectivity index (χ4v) is 4.38. The number of carbonyl (C=O) groups is 3. The minimum Gasteiger partial charge on any atom is -0.334 e. The molecule has 3 aromatic carbocycles. The number of hydrogen-bond donors (Lipinski definition) is 1. The molecule has 1 heterocycles. The summed E-state index contributed by atoms with van der Waals surface area (Å²) in [5.74, 6) is -0.323. The summed E-state index contributed by atoms with van der Waals surface area (Å²) in [6.45, 7) is 3.30. The van der Waals surface area contributed by atoms with Crippen molar-refractivity contribution in [2.24, 2.45) is 0 Å². The minimum atomic E-state index is -0.358. The van der Waals surface area contributed by atoms with Crippen LogP contribution in [-0.2, 0) is 11.3 Å². The Labute approximate surface area is 197 Å². The highest BCUT2D eigenvalue weighted by atomic mass is 32.2. The molecule has 0 bridgehead atoms. The molecule has 3 aromatic rings. The lowest BCUT2D eigenvalue weighted by Gasteiger charge is -2.22. The van der Waals surface area contributed by atoms with Crippen LogP contribution in [0.2, 0.25) is 0 Å². The summed E-state index contributed by atoms with van der Waals surface area (Å²) >= 11 is 0.911. The molecule has 0 aromatic heterocycles. The van der Waals surface area contributed by atoms with Gasteiger partial charge >= 0.3 is 0 Å². The highest BCUT2D eigenvalue weighted by molar-refractivity contribution is 8.18. The first kappa shape index (κ1) is 22.6. The van der Waals surface area contributed by atoms with Crippen LogP contribution >= 0.6 is 11.8 Å². The first-order chi connectivity index (χ1) is 16.0. The zero-order valence-corrected chi connectivity index (χ0v) is 19.1. The second kappa shape index (κ2) is 10.3. The number of rotatable bonds is 7. The number of imide groups is 1. The first-order valence-electron chi connectivity index (χ1n) is 10.8. The predicted octanol–water partition coefficient (Wildman–Crippen LogP) is 5.73. The molecule has 1 fully saturated rings. The number of carbonyl (C=O) groups excluding carboxylic acids is 3. The van der Waals surface area contributed by atoms with Crippen LogP contribution in [0.5, 0.6) is 0 Å². The maximum atomic E-state index is 13.0. The predicted molar refractivity (Wildman–Crippen MR) is 132 cm³/mol. The molecule has 0 aliphatic carbocycles. The van der Waals surface area contributed by atoms with Gasteiger partial charge in [-0.1, -0.05) is 67.6 Å². The standard InChI is InChI=1S/C27H24N2O3S/c1-2-15-29(26(31)22-8-4-3-5-9-22)18-20-7-6-10-23(16-20)21-13-11-19(12-14-21)17-24-25(30)28-27(32)33-24/h3-14,16-17H,2,15,18H2,1H3,(H,28,30,32). The van der Waals surface area contributed by atoms with Crippen LogP contribution < -0.4 is 5.32 Å². The molecule has 0 unspecified atom stereocenters. The second-order valence-electron chi connectivity index (χ2n) is 7.77. The van der Waals surface area contributed by atoms with Crippen molar-refractivity contribution >= 4 is 34.9 Å². The van der Waals surface area contributed by atoms with E-state index in [0.29, 0.717) is 23.6 Å². The third kappa shape index (κ3) is 5.59. The molecule has 1 N–H and O–H groups in total. The topological polar surface area (TPSA) is 66.5 Å². The largest absolute Gasteiger partial charge is 0.334 e. The number of thioether (sulfide) groups is 1. The van der Waals surface area contributed by atoms with E-state index < -0.39 is 0 Å². The van der Waals surface area contributed by atoms with Crippen molar-refractivity contribution in [2.75, 3.05) is 6.54 Å². The molecule has 6 heteroatoms. The van der Waals surface area contributed by atoms with Crippen molar-refractivity contribution in [1.82, 2.24) is 10.2 Å². The maximum Gasteiger partial charge on any atom is 0.290 e. The summed E-state index contributed by atoms with van der Waals surface area (Å²) in [7, 11) is 0. The van der Waals surface area contributed by atoms with Crippen molar-refractivity contribution in [3.05, 3.63) is 100 Å². The Balaban J connectivity index is 1.51. The van der Waals surface area contributed by atoms with Gasteiger partial charge in [0.15, 0.2) is 0 Å². The van der Waals surface area contributed by atoms with E-state index in [2.05, 4.69) is 18.3 Å². The van der Waals surface area contributed by atoms with Gasteiger partial charge in [-0.15, -0.1) is 0 Å². The van der Waals surface area contributed by atoms with E-state index in [-0.39, 0.29) is 17.1 Å². The molecular formula is C27H24N2O3S. The zero-order chi connectivity index (χ0) is 23.2. The molecule has 0 atom stereocenters. The van der Waals surface area contributed by atoms with Gasteiger partial charge in [-0.05, 0) is 64.7 Å². The summed E-state index contributed by atoms with van der Waals surface area (Å²) in [6.07, 6.45) is 2.60. The van der Waals surface area contributed by atoms with Crippen LogP contribution in [0, 0.1) is 0 Å². The Bertz CT molecular complexity index is 1200. The molecule has 166 valence electrons. The summed E-state index contributed by atoms with van der Waals surface area (Å²) < 4.78 is 0. The van der Waals surface area contributed by atoms with Crippen LogP contribution in [0.1, 0.15) is 34.8 Å². The summed E-state index contributed by atoms with van der Waals surface area (Å²) in [4.78, 5) is 38.3. The average Bonchev–Trinajstić information content (AvgIpc) is 3.16. The van der Waals surface area contributed by atoms with Crippen LogP contribution in [0.4, 0.5) is 4.79 Å². The molecule has 1 aliphatic heterocycles. The van der Waals surface area contributed by atoms with Gasteiger partial charge in [0.05, 0.1) is 4.91 Å². The van der Waals surface area contributed by atoms with Crippen molar-refractivity contribution in [3.8, 4) is 11.1 Å². The van der Waals surface area contributed by atoms with Gasteiger partial charge in [0, 0.05) is 18.7 Å². The van der Waals surface area contributed by atoms with E-state index in [0.717, 1.165) is 40.4 Å². The Morgan fingerprint density at radius 3 is 2.36 bits per heavy atom. The van der Waals surface area contributed by atoms with Crippen molar-refractivity contribution in [1.29, 1.82) is 0 Å². The lowest BCUT2D eigenvalue weighted by atomic mass is 10.0. The monoisotopic (exact) mass is 456 g/mol. The third-order valence-corrected chi connectivity index (χ3v) is 6.10. The van der Waals surface area contributed by atoms with Gasteiger partial charge < -0.3 is 4.90 Å². The van der Waals surface area contributed by atoms with Gasteiger partial charge in [-0.3, -0.25) is 19.7 Å². The SMILES string of the molecule is CCCN(Cc1cccc(-c2ccc(C=C3SC(=O)NC3=O)cc2)c1)C(=O)c1ccccc1. The zero-order valence-electron chi connectivity index (χ0n) is 18.3. The summed E-state index contributed by atoms with van der Waals surface area (Å²) in [5, 5.41) is 1.92. The van der Waals surface area contributed by atoms with E-state index >= 15 is 0 Å². The lowest BCUT2D eigenvalue weighted by molar-refractivity contribution is -0.115. The molecule has 0 radical (unpaired) electrons. The molecule has 33 heavy (non-hydrogen) atoms. The maximum absolute atomic E-state index is 13.0. The Kier molecular flexibility index (Phi) is 7.05. The third-order valence-electron chi connectivity index (χ3n) is 5.29. The highest BCUT2D eigenvalue weighted by Crippen LogP contribution is 2.27. The Morgan fingerprint density at radius 2 is 1.70 bits per heavy atom. The van der Waals surface area contributed by atoms with E-state index in [1.165, 1.54) is 0 Å². The second-order valence-corrected chi connectivity index (χ2v) is 8.78. The van der Waals surface area contributed by atoms with Crippen molar-refractivity contribution < 1.29 is 14.4 Å². The smallest absolute Gasteiger partial charge is 0.290 e. The van der Waals surface area contributed by atoms with Crippen LogP contribution in [0.15, 0.2) is 83.8 Å². The summed E-state index contributed by atoms with van der Waals surface area (Å²) in [5.41, 5.74) is 4.70. The fraction of sp³-hybridized carbons (Fsp3) is 0.148. The molecule has 1 aliphatic rings. The quantitative estimate of drug-likeness (QED) is 0.461. The minimum absolute atomic E-state index is 0.0348. The summed E-state index contributed by atoms with van der Waals surface area (Å²) in [6, 6.07) is 25.4. The number of nitrogens with zero attached hydrogens (tertiary/aromatic N) is 1. The first-order valence-corrected chi connectivity index (χ1v) is 11.6. The Hall–Kier alpha value is -3.64. The molecule has 3 amide bonds. The fourth-order valence-electron chi connectivity index (χ4n) is 3.70. The van der Waals surface area contributed by atoms with Crippen molar-refractivity contribution in [3.63, 3.8) is 0 Å². The molecule has 0 spiro atoms.